The highest BCUT2D eigenvalue weighted by Gasteiger charge is 2.43. The molecule has 1 unspecified atom stereocenters. The van der Waals surface area contributed by atoms with E-state index in [0.717, 1.165) is 0 Å². The van der Waals surface area contributed by atoms with E-state index in [1.54, 1.807) is 0 Å². The number of amides is 1. The van der Waals surface area contributed by atoms with Gasteiger partial charge >= 0.3 is 0 Å². The second kappa shape index (κ2) is 4.86. The maximum Gasteiger partial charge on any atom is 0.220 e. The normalized spacial score (nSPS) is 41.5. The summed E-state index contributed by atoms with van der Waals surface area (Å²) in [6, 6.07) is 0. The number of aliphatic hydroxyl groups is 4. The molecule has 15 heavy (non-hydrogen) atoms. The van der Waals surface area contributed by atoms with Gasteiger partial charge in [0.25, 0.3) is 0 Å². The number of nitrogens with two attached hydrogens (primary N) is 1. The number of primary amides is 1. The van der Waals surface area contributed by atoms with Crippen molar-refractivity contribution in [3.8, 4) is 0 Å². The van der Waals surface area contributed by atoms with Gasteiger partial charge in [-0.1, -0.05) is 0 Å². The third kappa shape index (κ3) is 2.64. The molecule has 5 atom stereocenters. The molecule has 0 bridgehead atoms. The number of carbonyl (C=O) groups is 1. The quantitative estimate of drug-likeness (QED) is 0.339. The number of rotatable bonds is 3. The second-order valence-electron chi connectivity index (χ2n) is 3.54. The first-order valence-corrected chi connectivity index (χ1v) is 4.56. The zero-order chi connectivity index (χ0) is 11.6. The molecular weight excluding hydrogens is 206 g/mol. The fraction of sp³-hybridized carbons (Fsp3) is 0.875. The molecule has 6 N–H and O–H groups in total. The van der Waals surface area contributed by atoms with Crippen LogP contribution in [0.3, 0.4) is 0 Å². The highest BCUT2D eigenvalue weighted by molar-refractivity contribution is 5.74. The number of ether oxygens (including phenoxy) is 1. The molecule has 0 aliphatic carbocycles. The van der Waals surface area contributed by atoms with E-state index in [-0.39, 0.29) is 6.42 Å². The summed E-state index contributed by atoms with van der Waals surface area (Å²) in [5.41, 5.74) is 4.92. The van der Waals surface area contributed by atoms with Crippen LogP contribution in [0.4, 0.5) is 0 Å². The van der Waals surface area contributed by atoms with Gasteiger partial charge in [0, 0.05) is 0 Å². The monoisotopic (exact) mass is 221 g/mol. The zero-order valence-electron chi connectivity index (χ0n) is 7.98. The predicted octanol–water partition coefficient (Wildman–Crippen LogP) is -3.30. The molecule has 7 nitrogen and oxygen atoms in total. The van der Waals surface area contributed by atoms with Crippen molar-refractivity contribution in [2.75, 3.05) is 6.61 Å². The third-order valence-electron chi connectivity index (χ3n) is 2.39. The average Bonchev–Trinajstić information content (AvgIpc) is 2.18. The summed E-state index contributed by atoms with van der Waals surface area (Å²) >= 11 is 0. The van der Waals surface area contributed by atoms with Crippen LogP contribution in [0.15, 0.2) is 0 Å². The first kappa shape index (κ1) is 12.3. The molecule has 0 saturated carbocycles. The summed E-state index contributed by atoms with van der Waals surface area (Å²) in [5.74, 6) is -0.695. The molecule has 1 aliphatic heterocycles. The first-order valence-electron chi connectivity index (χ1n) is 4.56. The Morgan fingerprint density at radius 2 is 1.67 bits per heavy atom. The van der Waals surface area contributed by atoms with E-state index < -0.39 is 43.0 Å². The van der Waals surface area contributed by atoms with Crippen molar-refractivity contribution in [3.63, 3.8) is 0 Å². The molecule has 1 fully saturated rings. The Morgan fingerprint density at radius 1 is 1.13 bits per heavy atom. The predicted molar refractivity (Wildman–Crippen MR) is 47.6 cm³/mol. The SMILES string of the molecule is NC(=O)CC1O[C@H](CO)[C@H](O)[C@H](O)[C@H]1O. The van der Waals surface area contributed by atoms with Gasteiger partial charge in [0.1, 0.15) is 24.4 Å². The van der Waals surface area contributed by atoms with Crippen molar-refractivity contribution >= 4 is 5.91 Å². The van der Waals surface area contributed by atoms with Crippen LogP contribution < -0.4 is 5.73 Å². The largest absolute Gasteiger partial charge is 0.394 e. The molecule has 0 aromatic carbocycles. The lowest BCUT2D eigenvalue weighted by atomic mass is 9.93. The topological polar surface area (TPSA) is 133 Å². The van der Waals surface area contributed by atoms with Crippen molar-refractivity contribution in [2.24, 2.45) is 5.73 Å². The minimum atomic E-state index is -1.46. The van der Waals surface area contributed by atoms with Crippen LogP contribution in [-0.4, -0.2) is 63.5 Å². The van der Waals surface area contributed by atoms with Crippen LogP contribution in [0.2, 0.25) is 0 Å². The first-order chi connectivity index (χ1) is 6.97. The van der Waals surface area contributed by atoms with Crippen molar-refractivity contribution in [3.05, 3.63) is 0 Å². The Balaban J connectivity index is 2.69. The lowest BCUT2D eigenvalue weighted by molar-refractivity contribution is -0.229. The van der Waals surface area contributed by atoms with Crippen molar-refractivity contribution < 1.29 is 30.0 Å². The molecule has 1 aliphatic rings. The van der Waals surface area contributed by atoms with Gasteiger partial charge in [-0.2, -0.15) is 0 Å². The number of carbonyl (C=O) groups excluding carboxylic acids is 1. The van der Waals surface area contributed by atoms with Crippen molar-refractivity contribution in [1.82, 2.24) is 0 Å². The molecule has 1 saturated heterocycles. The Kier molecular flexibility index (Phi) is 4.00. The van der Waals surface area contributed by atoms with E-state index in [4.69, 9.17) is 15.6 Å². The van der Waals surface area contributed by atoms with Crippen molar-refractivity contribution in [1.29, 1.82) is 0 Å². The summed E-state index contributed by atoms with van der Waals surface area (Å²) < 4.78 is 5.03. The van der Waals surface area contributed by atoms with Crippen LogP contribution in [0.25, 0.3) is 0 Å². The molecule has 7 heteroatoms. The lowest BCUT2D eigenvalue weighted by Crippen LogP contribution is -2.59. The van der Waals surface area contributed by atoms with Crippen LogP contribution in [0.5, 0.6) is 0 Å². The van der Waals surface area contributed by atoms with E-state index in [0.29, 0.717) is 0 Å². The third-order valence-corrected chi connectivity index (χ3v) is 2.39. The highest BCUT2D eigenvalue weighted by Crippen LogP contribution is 2.22. The molecule has 1 rings (SSSR count). The molecule has 1 amide bonds. The van der Waals surface area contributed by atoms with Gasteiger partial charge in [0.15, 0.2) is 0 Å². The Hall–Kier alpha value is -0.730. The van der Waals surface area contributed by atoms with E-state index in [1.807, 2.05) is 0 Å². The maximum absolute atomic E-state index is 10.6. The molecule has 88 valence electrons. The van der Waals surface area contributed by atoms with E-state index in [1.165, 1.54) is 0 Å². The van der Waals surface area contributed by atoms with Crippen LogP contribution in [0.1, 0.15) is 6.42 Å². The second-order valence-corrected chi connectivity index (χ2v) is 3.54. The number of hydrogen-bond donors (Lipinski definition) is 5. The molecule has 1 heterocycles. The van der Waals surface area contributed by atoms with Crippen LogP contribution in [0, 0.1) is 0 Å². The molecule has 0 aromatic rings. The molecule has 0 aromatic heterocycles. The minimum Gasteiger partial charge on any atom is -0.394 e. The average molecular weight is 221 g/mol. The van der Waals surface area contributed by atoms with Crippen molar-refractivity contribution in [2.45, 2.75) is 36.9 Å². The van der Waals surface area contributed by atoms with Gasteiger partial charge in [-0.25, -0.2) is 0 Å². The van der Waals surface area contributed by atoms with E-state index >= 15 is 0 Å². The van der Waals surface area contributed by atoms with Gasteiger partial charge in [-0.3, -0.25) is 4.79 Å². The Morgan fingerprint density at radius 3 is 2.13 bits per heavy atom. The van der Waals surface area contributed by atoms with Crippen LogP contribution >= 0.6 is 0 Å². The fourth-order valence-corrected chi connectivity index (χ4v) is 1.55. The highest BCUT2D eigenvalue weighted by atomic mass is 16.5. The summed E-state index contributed by atoms with van der Waals surface area (Å²) in [6.07, 6.45) is -6.53. The lowest BCUT2D eigenvalue weighted by Gasteiger charge is -2.39. The molecule has 0 radical (unpaired) electrons. The van der Waals surface area contributed by atoms with Gasteiger partial charge in [-0.05, 0) is 0 Å². The summed E-state index contributed by atoms with van der Waals surface area (Å²) in [4.78, 5) is 10.6. The maximum atomic E-state index is 10.6. The smallest absolute Gasteiger partial charge is 0.220 e. The minimum absolute atomic E-state index is 0.276. The molecule has 0 spiro atoms. The number of hydrogen-bond acceptors (Lipinski definition) is 6. The zero-order valence-corrected chi connectivity index (χ0v) is 7.98. The summed E-state index contributed by atoms with van der Waals surface area (Å²) in [6.45, 7) is -0.514. The summed E-state index contributed by atoms with van der Waals surface area (Å²) in [5, 5.41) is 37.0. The Bertz CT molecular complexity index is 233. The van der Waals surface area contributed by atoms with Gasteiger partial charge in [0.2, 0.25) is 5.91 Å². The van der Waals surface area contributed by atoms with Crippen LogP contribution in [-0.2, 0) is 9.53 Å². The summed E-state index contributed by atoms with van der Waals surface area (Å²) in [7, 11) is 0. The Labute approximate surface area is 86.1 Å². The van der Waals surface area contributed by atoms with E-state index in [2.05, 4.69) is 0 Å². The number of aliphatic hydroxyl groups excluding tert-OH is 4. The van der Waals surface area contributed by atoms with Gasteiger partial charge in [-0.15, -0.1) is 0 Å². The molecular formula is C8H15NO6. The fourth-order valence-electron chi connectivity index (χ4n) is 1.55. The standard InChI is InChI=1S/C8H15NO6/c9-5(11)1-3-6(12)8(14)7(13)4(2-10)15-3/h3-4,6-8,10,12-14H,1-2H2,(H2,9,11)/t3?,4-,6+,7+,8-/m1/s1. The van der Waals surface area contributed by atoms with Gasteiger partial charge in [0.05, 0.1) is 19.1 Å². The van der Waals surface area contributed by atoms with E-state index in [9.17, 15) is 20.1 Å². The van der Waals surface area contributed by atoms with Gasteiger partial charge < -0.3 is 30.9 Å².